The van der Waals surface area contributed by atoms with E-state index in [0.29, 0.717) is 18.9 Å². The lowest BCUT2D eigenvalue weighted by molar-refractivity contribution is 0.504. The summed E-state index contributed by atoms with van der Waals surface area (Å²) in [5.74, 6) is 0.500. The largest absolute Gasteiger partial charge is 0.370 e. The first kappa shape index (κ1) is 10.8. The van der Waals surface area contributed by atoms with E-state index >= 15 is 0 Å². The van der Waals surface area contributed by atoms with Gasteiger partial charge >= 0.3 is 0 Å². The fourth-order valence-corrected chi connectivity index (χ4v) is 0.695. The molecule has 0 spiro atoms. The minimum absolute atomic E-state index is 0.203. The number of rotatable bonds is 3. The van der Waals surface area contributed by atoms with Gasteiger partial charge in [-0.05, 0) is 13.8 Å². The van der Waals surface area contributed by atoms with Crippen LogP contribution in [-0.2, 0) is 0 Å². The van der Waals surface area contributed by atoms with E-state index < -0.39 is 0 Å². The van der Waals surface area contributed by atoms with E-state index in [-0.39, 0.29) is 6.04 Å². The van der Waals surface area contributed by atoms with Crippen molar-refractivity contribution in [1.82, 2.24) is 4.90 Å². The zero-order valence-corrected chi connectivity index (χ0v) is 7.91. The lowest BCUT2D eigenvalue weighted by atomic mass is 10.4. The van der Waals surface area contributed by atoms with Gasteiger partial charge < -0.3 is 10.6 Å². The Hall–Kier alpha value is -1.24. The summed E-state index contributed by atoms with van der Waals surface area (Å²) in [7, 11) is 1.83. The van der Waals surface area contributed by atoms with Crippen LogP contribution in [0.2, 0.25) is 0 Å². The predicted octanol–water partition coefficient (Wildman–Crippen LogP) is 0.555. The molecule has 0 amide bonds. The van der Waals surface area contributed by atoms with Crippen molar-refractivity contribution >= 4 is 5.96 Å². The second kappa shape index (κ2) is 5.42. The van der Waals surface area contributed by atoms with Gasteiger partial charge in [0.25, 0.3) is 0 Å². The Morgan fingerprint density at radius 3 is 2.67 bits per heavy atom. The summed E-state index contributed by atoms with van der Waals surface area (Å²) in [4.78, 5) is 5.92. The molecule has 0 aromatic carbocycles. The van der Waals surface area contributed by atoms with E-state index in [2.05, 4.69) is 11.1 Å². The topological polar surface area (TPSA) is 65.4 Å². The van der Waals surface area contributed by atoms with Crippen molar-refractivity contribution < 1.29 is 0 Å². The summed E-state index contributed by atoms with van der Waals surface area (Å²) >= 11 is 0. The molecule has 2 N–H and O–H groups in total. The highest BCUT2D eigenvalue weighted by molar-refractivity contribution is 5.77. The van der Waals surface area contributed by atoms with E-state index in [0.717, 1.165) is 0 Å². The first-order valence-electron chi connectivity index (χ1n) is 3.99. The Labute approximate surface area is 73.7 Å². The molecule has 68 valence electrons. The highest BCUT2D eigenvalue weighted by Crippen LogP contribution is 1.90. The van der Waals surface area contributed by atoms with Crippen LogP contribution in [-0.4, -0.2) is 30.5 Å². The maximum Gasteiger partial charge on any atom is 0.191 e. The molecule has 0 aliphatic rings. The Morgan fingerprint density at radius 2 is 2.25 bits per heavy atom. The molecule has 0 saturated heterocycles. The third-order valence-electron chi connectivity index (χ3n) is 1.34. The van der Waals surface area contributed by atoms with Crippen LogP contribution >= 0.6 is 0 Å². The third-order valence-corrected chi connectivity index (χ3v) is 1.34. The molecule has 0 unspecified atom stereocenters. The van der Waals surface area contributed by atoms with Crippen molar-refractivity contribution in [1.29, 1.82) is 5.26 Å². The molecule has 4 nitrogen and oxygen atoms in total. The number of nitriles is 1. The molecule has 0 aromatic heterocycles. The fraction of sp³-hybridized carbons (Fsp3) is 0.750. The van der Waals surface area contributed by atoms with Gasteiger partial charge in [-0.3, -0.25) is 4.99 Å². The maximum absolute atomic E-state index is 8.32. The molecular formula is C8H16N4. The van der Waals surface area contributed by atoms with Gasteiger partial charge in [0, 0.05) is 19.6 Å². The SMILES string of the molecule is CC(C)N=C(N)N(C)CCC#N. The summed E-state index contributed by atoms with van der Waals surface area (Å²) in [6.07, 6.45) is 0.477. The highest BCUT2D eigenvalue weighted by Gasteiger charge is 2.00. The van der Waals surface area contributed by atoms with Gasteiger partial charge in [0.05, 0.1) is 12.5 Å². The van der Waals surface area contributed by atoms with Gasteiger partial charge in [-0.15, -0.1) is 0 Å². The molecule has 0 saturated carbocycles. The summed E-state index contributed by atoms with van der Waals surface area (Å²) in [6, 6.07) is 2.26. The van der Waals surface area contributed by atoms with Crippen LogP contribution in [0.4, 0.5) is 0 Å². The van der Waals surface area contributed by atoms with Gasteiger partial charge in [0.15, 0.2) is 5.96 Å². The molecule has 0 aromatic rings. The van der Waals surface area contributed by atoms with Crippen LogP contribution in [0, 0.1) is 11.3 Å². The molecular weight excluding hydrogens is 152 g/mol. The van der Waals surface area contributed by atoms with Crippen molar-refractivity contribution in [3.8, 4) is 6.07 Å². The second-order valence-corrected chi connectivity index (χ2v) is 2.91. The molecule has 0 atom stereocenters. The van der Waals surface area contributed by atoms with Crippen LogP contribution in [0.1, 0.15) is 20.3 Å². The Bertz CT molecular complexity index is 190. The summed E-state index contributed by atoms with van der Waals surface area (Å²) in [5.41, 5.74) is 5.63. The first-order valence-corrected chi connectivity index (χ1v) is 3.99. The molecule has 0 bridgehead atoms. The standard InChI is InChI=1S/C8H16N4/c1-7(2)11-8(10)12(3)6-4-5-9/h7H,4,6H2,1-3H3,(H2,10,11). The monoisotopic (exact) mass is 168 g/mol. The summed E-state index contributed by atoms with van der Waals surface area (Å²) in [6.45, 7) is 4.56. The minimum Gasteiger partial charge on any atom is -0.370 e. The highest BCUT2D eigenvalue weighted by atomic mass is 15.2. The Kier molecular flexibility index (Phi) is 4.86. The zero-order chi connectivity index (χ0) is 9.56. The molecule has 0 aliphatic carbocycles. The average Bonchev–Trinajstić information content (AvgIpc) is 1.98. The summed E-state index contributed by atoms with van der Waals surface area (Å²) < 4.78 is 0. The smallest absolute Gasteiger partial charge is 0.191 e. The molecule has 12 heavy (non-hydrogen) atoms. The van der Waals surface area contributed by atoms with Crippen molar-refractivity contribution in [2.24, 2.45) is 10.7 Å². The number of nitrogens with zero attached hydrogens (tertiary/aromatic N) is 3. The molecule has 4 heteroatoms. The van der Waals surface area contributed by atoms with Crippen LogP contribution in [0.25, 0.3) is 0 Å². The second-order valence-electron chi connectivity index (χ2n) is 2.91. The van der Waals surface area contributed by atoms with Gasteiger partial charge in [0.1, 0.15) is 0 Å². The van der Waals surface area contributed by atoms with Gasteiger partial charge in [-0.25, -0.2) is 0 Å². The lowest BCUT2D eigenvalue weighted by Crippen LogP contribution is -2.35. The Morgan fingerprint density at radius 1 is 1.67 bits per heavy atom. The maximum atomic E-state index is 8.32. The minimum atomic E-state index is 0.203. The van der Waals surface area contributed by atoms with E-state index in [1.54, 1.807) is 4.90 Å². The molecule has 0 rings (SSSR count). The number of guanidine groups is 1. The van der Waals surface area contributed by atoms with Crippen LogP contribution < -0.4 is 5.73 Å². The van der Waals surface area contributed by atoms with Gasteiger partial charge in [-0.2, -0.15) is 5.26 Å². The normalized spacial score (nSPS) is 11.4. The zero-order valence-electron chi connectivity index (χ0n) is 7.91. The van der Waals surface area contributed by atoms with Crippen molar-refractivity contribution in [3.05, 3.63) is 0 Å². The number of nitrogens with two attached hydrogens (primary N) is 1. The molecule has 0 aliphatic heterocycles. The predicted molar refractivity (Wildman–Crippen MR) is 49.6 cm³/mol. The van der Waals surface area contributed by atoms with Crippen molar-refractivity contribution in [2.45, 2.75) is 26.3 Å². The molecule has 0 heterocycles. The fourth-order valence-electron chi connectivity index (χ4n) is 0.695. The van der Waals surface area contributed by atoms with Crippen LogP contribution in [0.3, 0.4) is 0 Å². The third kappa shape index (κ3) is 4.56. The van der Waals surface area contributed by atoms with E-state index in [4.69, 9.17) is 11.0 Å². The van der Waals surface area contributed by atoms with Crippen molar-refractivity contribution in [3.63, 3.8) is 0 Å². The summed E-state index contributed by atoms with van der Waals surface area (Å²) in [5, 5.41) is 8.32. The Balaban J connectivity index is 3.93. The first-order chi connectivity index (χ1) is 5.57. The number of hydrogen-bond acceptors (Lipinski definition) is 2. The van der Waals surface area contributed by atoms with Crippen molar-refractivity contribution in [2.75, 3.05) is 13.6 Å². The van der Waals surface area contributed by atoms with Crippen LogP contribution in [0.15, 0.2) is 4.99 Å². The number of hydrogen-bond donors (Lipinski definition) is 1. The van der Waals surface area contributed by atoms with Crippen LogP contribution in [0.5, 0.6) is 0 Å². The van der Waals surface area contributed by atoms with E-state index in [9.17, 15) is 0 Å². The van der Waals surface area contributed by atoms with Gasteiger partial charge in [0.2, 0.25) is 0 Å². The molecule has 0 fully saturated rings. The van der Waals surface area contributed by atoms with E-state index in [1.165, 1.54) is 0 Å². The van der Waals surface area contributed by atoms with Gasteiger partial charge in [-0.1, -0.05) is 0 Å². The number of aliphatic imine (C=N–C) groups is 1. The average molecular weight is 168 g/mol. The molecule has 0 radical (unpaired) electrons. The lowest BCUT2D eigenvalue weighted by Gasteiger charge is -2.16. The van der Waals surface area contributed by atoms with E-state index in [1.807, 2.05) is 20.9 Å². The quantitative estimate of drug-likeness (QED) is 0.494.